The molecule has 6 heteroatoms. The van der Waals surface area contributed by atoms with Gasteiger partial charge in [0.25, 0.3) is 0 Å². The molecule has 2 aliphatic rings. The molecule has 1 aromatic carbocycles. The van der Waals surface area contributed by atoms with Crippen LogP contribution in [-0.2, 0) is 27.3 Å². The predicted molar refractivity (Wildman–Crippen MR) is 97.4 cm³/mol. The van der Waals surface area contributed by atoms with Crippen molar-refractivity contribution in [3.05, 3.63) is 65.7 Å². The van der Waals surface area contributed by atoms with Gasteiger partial charge in [0.2, 0.25) is 5.91 Å². The van der Waals surface area contributed by atoms with Crippen LogP contribution in [0, 0.1) is 5.82 Å². The molecule has 142 valence electrons. The summed E-state index contributed by atoms with van der Waals surface area (Å²) in [5, 5.41) is 0. The predicted octanol–water partition coefficient (Wildman–Crippen LogP) is 2.74. The zero-order chi connectivity index (χ0) is 18.7. The summed E-state index contributed by atoms with van der Waals surface area (Å²) < 4.78 is 25.0. The number of ether oxygens (including phenoxy) is 2. The van der Waals surface area contributed by atoms with E-state index in [9.17, 15) is 9.18 Å². The van der Waals surface area contributed by atoms with Crippen molar-refractivity contribution in [2.45, 2.75) is 37.6 Å². The van der Waals surface area contributed by atoms with Gasteiger partial charge in [-0.3, -0.25) is 9.78 Å². The minimum absolute atomic E-state index is 0.0515. The van der Waals surface area contributed by atoms with Crippen LogP contribution >= 0.6 is 0 Å². The van der Waals surface area contributed by atoms with Crippen molar-refractivity contribution in [2.75, 3.05) is 19.7 Å². The van der Waals surface area contributed by atoms with E-state index in [1.54, 1.807) is 24.5 Å². The first kappa shape index (κ1) is 18.1. The summed E-state index contributed by atoms with van der Waals surface area (Å²) >= 11 is 0. The van der Waals surface area contributed by atoms with Crippen molar-refractivity contribution in [2.24, 2.45) is 0 Å². The summed E-state index contributed by atoms with van der Waals surface area (Å²) in [6.07, 6.45) is 5.63. The zero-order valence-corrected chi connectivity index (χ0v) is 15.1. The SMILES string of the molecule is O=C(Cc1ccc(F)cc1)N1CC2(C[C@@H](OCc3ccncc3)CCO2)C1. The third kappa shape index (κ3) is 4.34. The average Bonchev–Trinajstić information content (AvgIpc) is 2.67. The molecular formula is C21H23FN2O3. The first-order chi connectivity index (χ1) is 13.1. The number of nitrogens with zero attached hydrogens (tertiary/aromatic N) is 2. The number of carbonyl (C=O) groups excluding carboxylic acids is 1. The second-order valence-electron chi connectivity index (χ2n) is 7.37. The highest BCUT2D eigenvalue weighted by Gasteiger charge is 2.49. The fraction of sp³-hybridized carbons (Fsp3) is 0.429. The van der Waals surface area contributed by atoms with Gasteiger partial charge >= 0.3 is 0 Å². The molecule has 2 saturated heterocycles. The first-order valence-electron chi connectivity index (χ1n) is 9.29. The first-order valence-corrected chi connectivity index (χ1v) is 9.29. The molecule has 0 unspecified atom stereocenters. The Labute approximate surface area is 158 Å². The summed E-state index contributed by atoms with van der Waals surface area (Å²) in [6.45, 7) is 2.42. The lowest BCUT2D eigenvalue weighted by Crippen LogP contribution is -2.67. The minimum Gasteiger partial charge on any atom is -0.373 e. The number of hydrogen-bond donors (Lipinski definition) is 0. The monoisotopic (exact) mass is 370 g/mol. The fourth-order valence-electron chi connectivity index (χ4n) is 3.75. The maximum atomic E-state index is 13.0. The molecule has 2 fully saturated rings. The van der Waals surface area contributed by atoms with Gasteiger partial charge < -0.3 is 14.4 Å². The van der Waals surface area contributed by atoms with Crippen LogP contribution in [-0.4, -0.2) is 47.2 Å². The number of likely N-dealkylation sites (tertiary alicyclic amines) is 1. The standard InChI is InChI=1S/C21H23FN2O3/c22-18-3-1-16(2-4-18)11-20(25)24-14-21(15-24)12-19(7-10-27-21)26-13-17-5-8-23-9-6-17/h1-6,8-9,19H,7,10-15H2/t19-/m0/s1. The number of hydrogen-bond acceptors (Lipinski definition) is 4. The maximum Gasteiger partial charge on any atom is 0.227 e. The van der Waals surface area contributed by atoms with E-state index in [1.165, 1.54) is 12.1 Å². The molecule has 0 radical (unpaired) electrons. The van der Waals surface area contributed by atoms with Crippen molar-refractivity contribution in [3.8, 4) is 0 Å². The Morgan fingerprint density at radius 3 is 2.67 bits per heavy atom. The molecule has 1 spiro atoms. The third-order valence-corrected chi connectivity index (χ3v) is 5.26. The fourth-order valence-corrected chi connectivity index (χ4v) is 3.75. The Balaban J connectivity index is 1.26. The summed E-state index contributed by atoms with van der Waals surface area (Å²) in [5.74, 6) is -0.238. The number of aromatic nitrogens is 1. The van der Waals surface area contributed by atoms with E-state index in [2.05, 4.69) is 4.98 Å². The van der Waals surface area contributed by atoms with Crippen LogP contribution in [0.3, 0.4) is 0 Å². The van der Waals surface area contributed by atoms with Crippen LogP contribution in [0.25, 0.3) is 0 Å². The summed E-state index contributed by atoms with van der Waals surface area (Å²) in [7, 11) is 0. The van der Waals surface area contributed by atoms with E-state index >= 15 is 0 Å². The molecule has 4 rings (SSSR count). The van der Waals surface area contributed by atoms with Gasteiger partial charge in [-0.25, -0.2) is 4.39 Å². The Hall–Kier alpha value is -2.31. The molecule has 0 N–H and O–H groups in total. The lowest BCUT2D eigenvalue weighted by atomic mass is 9.84. The zero-order valence-electron chi connectivity index (χ0n) is 15.1. The van der Waals surface area contributed by atoms with E-state index in [0.717, 1.165) is 24.0 Å². The highest BCUT2D eigenvalue weighted by atomic mass is 19.1. The molecule has 1 aromatic heterocycles. The normalized spacial score (nSPS) is 21.1. The summed E-state index contributed by atoms with van der Waals surface area (Å²) in [4.78, 5) is 18.3. The molecule has 2 aromatic rings. The topological polar surface area (TPSA) is 51.7 Å². The average molecular weight is 370 g/mol. The molecule has 0 bridgehead atoms. The van der Waals surface area contributed by atoms with Crippen LogP contribution in [0.1, 0.15) is 24.0 Å². The smallest absolute Gasteiger partial charge is 0.227 e. The highest BCUT2D eigenvalue weighted by Crippen LogP contribution is 2.35. The molecule has 1 atom stereocenters. The van der Waals surface area contributed by atoms with Gasteiger partial charge in [0, 0.05) is 25.4 Å². The van der Waals surface area contributed by atoms with Crippen molar-refractivity contribution >= 4 is 5.91 Å². The van der Waals surface area contributed by atoms with E-state index < -0.39 is 0 Å². The third-order valence-electron chi connectivity index (χ3n) is 5.26. The van der Waals surface area contributed by atoms with Gasteiger partial charge in [-0.2, -0.15) is 0 Å². The minimum atomic E-state index is -0.289. The Kier molecular flexibility index (Phi) is 5.18. The van der Waals surface area contributed by atoms with E-state index in [-0.39, 0.29) is 23.4 Å². The second kappa shape index (κ2) is 7.74. The van der Waals surface area contributed by atoms with Crippen LogP contribution in [0.5, 0.6) is 0 Å². The van der Waals surface area contributed by atoms with E-state index in [0.29, 0.717) is 32.7 Å². The summed E-state index contributed by atoms with van der Waals surface area (Å²) in [6, 6.07) is 9.98. The Bertz CT molecular complexity index is 776. The van der Waals surface area contributed by atoms with Gasteiger partial charge in [0.1, 0.15) is 11.4 Å². The number of benzene rings is 1. The molecule has 1 amide bonds. The number of pyridine rings is 1. The highest BCUT2D eigenvalue weighted by molar-refractivity contribution is 5.80. The Morgan fingerprint density at radius 1 is 1.19 bits per heavy atom. The van der Waals surface area contributed by atoms with Crippen LogP contribution in [0.4, 0.5) is 4.39 Å². The van der Waals surface area contributed by atoms with Crippen molar-refractivity contribution < 1.29 is 18.7 Å². The molecule has 0 saturated carbocycles. The van der Waals surface area contributed by atoms with Gasteiger partial charge in [0.15, 0.2) is 0 Å². The quantitative estimate of drug-likeness (QED) is 0.812. The van der Waals surface area contributed by atoms with Crippen molar-refractivity contribution in [3.63, 3.8) is 0 Å². The molecule has 27 heavy (non-hydrogen) atoms. The van der Waals surface area contributed by atoms with Crippen molar-refractivity contribution in [1.82, 2.24) is 9.88 Å². The molecule has 3 heterocycles. The molecular weight excluding hydrogens is 347 g/mol. The number of carbonyl (C=O) groups is 1. The summed E-state index contributed by atoms with van der Waals surface area (Å²) in [5.41, 5.74) is 1.65. The van der Waals surface area contributed by atoms with Gasteiger partial charge in [-0.1, -0.05) is 12.1 Å². The van der Waals surface area contributed by atoms with E-state index in [1.807, 2.05) is 17.0 Å². The lowest BCUT2D eigenvalue weighted by Gasteiger charge is -2.53. The molecule has 5 nitrogen and oxygen atoms in total. The van der Waals surface area contributed by atoms with Gasteiger partial charge in [0.05, 0.1) is 32.2 Å². The van der Waals surface area contributed by atoms with Crippen LogP contribution in [0.15, 0.2) is 48.8 Å². The Morgan fingerprint density at radius 2 is 1.93 bits per heavy atom. The molecule has 0 aliphatic carbocycles. The van der Waals surface area contributed by atoms with Crippen LogP contribution < -0.4 is 0 Å². The van der Waals surface area contributed by atoms with Gasteiger partial charge in [-0.15, -0.1) is 0 Å². The van der Waals surface area contributed by atoms with Crippen LogP contribution in [0.2, 0.25) is 0 Å². The lowest BCUT2D eigenvalue weighted by molar-refractivity contribution is -0.202. The van der Waals surface area contributed by atoms with Gasteiger partial charge in [-0.05, 0) is 41.8 Å². The van der Waals surface area contributed by atoms with Crippen molar-refractivity contribution in [1.29, 1.82) is 0 Å². The van der Waals surface area contributed by atoms with E-state index in [4.69, 9.17) is 9.47 Å². The largest absolute Gasteiger partial charge is 0.373 e. The maximum absolute atomic E-state index is 13.0. The number of halogens is 1. The molecule has 2 aliphatic heterocycles. The number of amides is 1. The number of rotatable bonds is 5. The second-order valence-corrected chi connectivity index (χ2v) is 7.37.